The molecule has 1 amide bonds. The average Bonchev–Trinajstić information content (AvgIpc) is 2.39. The van der Waals surface area contributed by atoms with E-state index in [0.29, 0.717) is 0 Å². The number of rotatable bonds is 6. The van der Waals surface area contributed by atoms with E-state index < -0.39 is 26.6 Å². The Bertz CT molecular complexity index is 641. The number of nitrogens with one attached hydrogen (secondary N) is 3. The van der Waals surface area contributed by atoms with Crippen LogP contribution in [0, 0.1) is 5.82 Å². The molecule has 22 heavy (non-hydrogen) atoms. The summed E-state index contributed by atoms with van der Waals surface area (Å²) in [5, 5.41) is 5.11. The summed E-state index contributed by atoms with van der Waals surface area (Å²) >= 11 is 5.86. The van der Waals surface area contributed by atoms with E-state index in [1.165, 1.54) is 6.92 Å². The van der Waals surface area contributed by atoms with Crippen LogP contribution < -0.4 is 15.4 Å². The fourth-order valence-corrected chi connectivity index (χ4v) is 2.92. The van der Waals surface area contributed by atoms with Crippen molar-refractivity contribution in [2.75, 3.05) is 18.9 Å². The summed E-state index contributed by atoms with van der Waals surface area (Å²) in [7, 11) is -2.35. The number of carbonyl (C=O) groups is 1. The second-order valence-electron chi connectivity index (χ2n) is 4.49. The minimum atomic E-state index is -4.03. The molecule has 0 saturated heterocycles. The minimum Gasteiger partial charge on any atom is -0.325 e. The Morgan fingerprint density at radius 3 is 2.50 bits per heavy atom. The van der Waals surface area contributed by atoms with Crippen molar-refractivity contribution >= 4 is 45.6 Å². The van der Waals surface area contributed by atoms with Crippen LogP contribution in [-0.4, -0.2) is 34.0 Å². The lowest BCUT2D eigenvalue weighted by atomic mass is 10.3. The number of amides is 1. The van der Waals surface area contributed by atoms with Crippen molar-refractivity contribution in [2.24, 2.45) is 0 Å². The summed E-state index contributed by atoms with van der Waals surface area (Å²) in [6.07, 6.45) is 0. The van der Waals surface area contributed by atoms with Crippen molar-refractivity contribution in [3.8, 4) is 0 Å². The van der Waals surface area contributed by atoms with Crippen molar-refractivity contribution in [1.82, 2.24) is 10.0 Å². The zero-order chi connectivity index (χ0) is 16.2. The lowest BCUT2D eigenvalue weighted by Gasteiger charge is -2.13. The summed E-state index contributed by atoms with van der Waals surface area (Å²) in [6, 6.07) is 1.73. The molecule has 1 unspecified atom stereocenters. The Balaban J connectivity index is 0.00000441. The third-order valence-corrected chi connectivity index (χ3v) is 4.45. The Hall–Kier alpha value is -0.930. The predicted octanol–water partition coefficient (Wildman–Crippen LogP) is 1.75. The monoisotopic (exact) mass is 373 g/mol. The van der Waals surface area contributed by atoms with Crippen molar-refractivity contribution in [2.45, 2.75) is 24.8 Å². The highest BCUT2D eigenvalue weighted by atomic mass is 35.5. The maximum atomic E-state index is 13.9. The molecule has 0 aliphatic rings. The molecule has 1 aromatic rings. The molecule has 0 bridgehead atoms. The number of sulfonamides is 1. The molecule has 0 radical (unpaired) electrons. The third kappa shape index (κ3) is 5.69. The van der Waals surface area contributed by atoms with Gasteiger partial charge in [-0.25, -0.2) is 17.5 Å². The van der Waals surface area contributed by atoms with Crippen LogP contribution in [0.3, 0.4) is 0 Å². The van der Waals surface area contributed by atoms with Crippen LogP contribution in [0.4, 0.5) is 10.1 Å². The van der Waals surface area contributed by atoms with Gasteiger partial charge < -0.3 is 10.6 Å². The number of benzene rings is 1. The van der Waals surface area contributed by atoms with Gasteiger partial charge in [-0.2, -0.15) is 0 Å². The molecule has 0 fully saturated rings. The Morgan fingerprint density at radius 1 is 1.41 bits per heavy atom. The molecule has 10 heteroatoms. The molecule has 0 spiro atoms. The van der Waals surface area contributed by atoms with Crippen LogP contribution in [0.25, 0.3) is 0 Å². The van der Waals surface area contributed by atoms with E-state index in [1.54, 1.807) is 14.0 Å². The van der Waals surface area contributed by atoms with E-state index in [2.05, 4.69) is 15.4 Å². The van der Waals surface area contributed by atoms with E-state index in [1.807, 2.05) is 0 Å². The summed E-state index contributed by atoms with van der Waals surface area (Å²) in [4.78, 5) is 10.4. The highest BCUT2D eigenvalue weighted by Gasteiger charge is 2.22. The van der Waals surface area contributed by atoms with Crippen LogP contribution in [0.2, 0.25) is 5.02 Å². The fraction of sp³-hybridized carbons (Fsp3) is 0.417. The van der Waals surface area contributed by atoms with E-state index in [4.69, 9.17) is 11.6 Å². The first-order valence-corrected chi connectivity index (χ1v) is 7.97. The number of likely N-dealkylation sites (N-methyl/N-ethyl adjacent to an activating group) is 1. The fourth-order valence-electron chi connectivity index (χ4n) is 1.43. The van der Waals surface area contributed by atoms with Gasteiger partial charge in [0.2, 0.25) is 15.9 Å². The number of hydrogen-bond donors (Lipinski definition) is 3. The molecule has 3 N–H and O–H groups in total. The Morgan fingerprint density at radius 2 is 2.00 bits per heavy atom. The van der Waals surface area contributed by atoms with Crippen LogP contribution in [0.1, 0.15) is 13.8 Å². The first-order chi connectivity index (χ1) is 9.67. The van der Waals surface area contributed by atoms with Crippen molar-refractivity contribution < 1.29 is 17.6 Å². The van der Waals surface area contributed by atoms with E-state index in [0.717, 1.165) is 12.1 Å². The molecular weight excluding hydrogens is 356 g/mol. The first-order valence-electron chi connectivity index (χ1n) is 6.11. The molecule has 6 nitrogen and oxygen atoms in total. The smallest absolute Gasteiger partial charge is 0.243 e. The molecule has 1 aromatic carbocycles. The maximum Gasteiger partial charge on any atom is 0.243 e. The maximum absolute atomic E-state index is 13.9. The van der Waals surface area contributed by atoms with Gasteiger partial charge in [-0.1, -0.05) is 11.6 Å². The predicted molar refractivity (Wildman–Crippen MR) is 86.7 cm³/mol. The minimum absolute atomic E-state index is 0. The normalized spacial score (nSPS) is 12.4. The number of hydrogen-bond acceptors (Lipinski definition) is 4. The highest BCUT2D eigenvalue weighted by molar-refractivity contribution is 7.89. The molecule has 0 aliphatic carbocycles. The van der Waals surface area contributed by atoms with Gasteiger partial charge >= 0.3 is 0 Å². The Kier molecular flexibility index (Phi) is 8.27. The second-order valence-corrected chi connectivity index (χ2v) is 6.63. The van der Waals surface area contributed by atoms with Gasteiger partial charge in [-0.15, -0.1) is 12.4 Å². The highest BCUT2D eigenvalue weighted by Crippen LogP contribution is 2.28. The molecule has 1 atom stereocenters. The van der Waals surface area contributed by atoms with Gasteiger partial charge in [0.05, 0.1) is 10.7 Å². The van der Waals surface area contributed by atoms with Crippen LogP contribution >= 0.6 is 24.0 Å². The van der Waals surface area contributed by atoms with Gasteiger partial charge in [-0.05, 0) is 20.0 Å². The van der Waals surface area contributed by atoms with Crippen molar-refractivity contribution in [3.63, 3.8) is 0 Å². The first kappa shape index (κ1) is 21.1. The topological polar surface area (TPSA) is 87.3 Å². The standard InChI is InChI=1S/C12H17ClFN3O3S.ClH/c1-7(15-3)6-16-21(19,20)12-4-9(13)11(5-10(12)14)17-8(2)18;/h4-5,7,15-16H,6H2,1-3H3,(H,17,18);1H. The number of anilines is 1. The number of carbonyl (C=O) groups excluding carboxylic acids is 1. The molecule has 0 aromatic heterocycles. The quantitative estimate of drug-likeness (QED) is 0.708. The molecule has 0 saturated carbocycles. The summed E-state index contributed by atoms with van der Waals surface area (Å²) < 4.78 is 40.3. The molecule has 126 valence electrons. The molecule has 0 aliphatic heterocycles. The second kappa shape index (κ2) is 8.64. The summed E-state index contributed by atoms with van der Waals surface area (Å²) in [5.74, 6) is -1.43. The molecule has 0 heterocycles. The third-order valence-electron chi connectivity index (χ3n) is 2.69. The van der Waals surface area contributed by atoms with Gasteiger partial charge in [0, 0.05) is 25.6 Å². The van der Waals surface area contributed by atoms with Crippen LogP contribution in [-0.2, 0) is 14.8 Å². The Labute approximate surface area is 140 Å². The van der Waals surface area contributed by atoms with Gasteiger partial charge in [0.15, 0.2) is 0 Å². The van der Waals surface area contributed by atoms with Crippen molar-refractivity contribution in [1.29, 1.82) is 0 Å². The van der Waals surface area contributed by atoms with E-state index in [-0.39, 0.29) is 35.7 Å². The zero-order valence-electron chi connectivity index (χ0n) is 12.2. The lowest BCUT2D eigenvalue weighted by Crippen LogP contribution is -2.37. The summed E-state index contributed by atoms with van der Waals surface area (Å²) in [6.45, 7) is 3.11. The largest absolute Gasteiger partial charge is 0.325 e. The van der Waals surface area contributed by atoms with Gasteiger partial charge in [0.25, 0.3) is 0 Å². The van der Waals surface area contributed by atoms with Gasteiger partial charge in [0.1, 0.15) is 10.7 Å². The SMILES string of the molecule is CNC(C)CNS(=O)(=O)c1cc(Cl)c(NC(C)=O)cc1F.Cl. The average molecular weight is 374 g/mol. The van der Waals surface area contributed by atoms with Gasteiger partial charge in [-0.3, -0.25) is 4.79 Å². The van der Waals surface area contributed by atoms with E-state index in [9.17, 15) is 17.6 Å². The lowest BCUT2D eigenvalue weighted by molar-refractivity contribution is -0.114. The summed E-state index contributed by atoms with van der Waals surface area (Å²) in [5.41, 5.74) is 0.0178. The van der Waals surface area contributed by atoms with Crippen LogP contribution in [0.5, 0.6) is 0 Å². The number of halogens is 3. The molecular formula is C12H18Cl2FN3O3S. The van der Waals surface area contributed by atoms with E-state index >= 15 is 0 Å². The van der Waals surface area contributed by atoms with Crippen LogP contribution in [0.15, 0.2) is 17.0 Å². The zero-order valence-corrected chi connectivity index (χ0v) is 14.6. The molecule has 1 rings (SSSR count). The van der Waals surface area contributed by atoms with Crippen molar-refractivity contribution in [3.05, 3.63) is 23.0 Å².